The van der Waals surface area contributed by atoms with Gasteiger partial charge in [0.25, 0.3) is 0 Å². The van der Waals surface area contributed by atoms with E-state index in [1.807, 2.05) is 0 Å². The topological polar surface area (TPSA) is 54.5 Å². The van der Waals surface area contributed by atoms with Crippen molar-refractivity contribution in [1.29, 1.82) is 0 Å². The van der Waals surface area contributed by atoms with Gasteiger partial charge in [0, 0.05) is 19.3 Å². The fourth-order valence-electron chi connectivity index (χ4n) is 1.73. The normalized spacial score (nSPS) is 22.4. The maximum absolute atomic E-state index is 11.2. The predicted octanol–water partition coefficient (Wildman–Crippen LogP) is 0.0655. The number of carbonyl (C=O) groups is 1. The van der Waals surface area contributed by atoms with Gasteiger partial charge in [-0.05, 0) is 18.4 Å². The third-order valence-electron chi connectivity index (χ3n) is 2.31. The monoisotopic (exact) mass is 217 g/mol. The number of nitrogens with zero attached hydrogens (tertiary/aromatic N) is 1. The molecule has 1 unspecified atom stereocenters. The molecular weight excluding hydrogens is 202 g/mol. The molecule has 0 aromatic rings. The average Bonchev–Trinajstić information content (AvgIpc) is 2.48. The van der Waals surface area contributed by atoms with Gasteiger partial charge >= 0.3 is 0 Å². The Morgan fingerprint density at radius 1 is 1.64 bits per heavy atom. The molecule has 1 fully saturated rings. The highest BCUT2D eigenvalue weighted by Crippen LogP contribution is 2.17. The number of hydrogen-bond donors (Lipinski definition) is 0. The molecule has 1 rings (SSSR count). The minimum Gasteiger partial charge on any atom is -0.339 e. The van der Waals surface area contributed by atoms with E-state index in [4.69, 9.17) is 0 Å². The molecule has 0 N–H and O–H groups in total. The molecule has 80 valence electrons. The van der Waals surface area contributed by atoms with Crippen LogP contribution in [0, 0.1) is 5.92 Å². The van der Waals surface area contributed by atoms with E-state index in [1.165, 1.54) is 12.3 Å². The third-order valence-corrected chi connectivity index (χ3v) is 3.39. The van der Waals surface area contributed by atoms with E-state index in [0.717, 1.165) is 6.42 Å². The maximum Gasteiger partial charge on any atom is 0.245 e. The van der Waals surface area contributed by atoms with E-state index < -0.39 is 9.84 Å². The fraction of sp³-hybridized carbons (Fsp3) is 0.667. The minimum atomic E-state index is -2.93. The summed E-state index contributed by atoms with van der Waals surface area (Å²) in [5.41, 5.74) is 0. The fourth-order valence-corrected chi connectivity index (χ4v) is 2.85. The number of hydrogen-bond acceptors (Lipinski definition) is 3. The first-order valence-corrected chi connectivity index (χ1v) is 6.57. The van der Waals surface area contributed by atoms with Crippen molar-refractivity contribution in [2.75, 3.05) is 25.1 Å². The Morgan fingerprint density at radius 2 is 2.29 bits per heavy atom. The Hall–Kier alpha value is -0.840. The third kappa shape index (κ3) is 3.14. The van der Waals surface area contributed by atoms with Crippen LogP contribution < -0.4 is 0 Å². The Bertz CT molecular complexity index is 334. The van der Waals surface area contributed by atoms with Crippen molar-refractivity contribution < 1.29 is 13.2 Å². The van der Waals surface area contributed by atoms with Crippen LogP contribution in [0.4, 0.5) is 0 Å². The van der Waals surface area contributed by atoms with E-state index in [-0.39, 0.29) is 17.6 Å². The summed E-state index contributed by atoms with van der Waals surface area (Å²) in [6, 6.07) is 0. The minimum absolute atomic E-state index is 0.0916. The molecule has 1 saturated heterocycles. The van der Waals surface area contributed by atoms with Crippen LogP contribution in [0.5, 0.6) is 0 Å². The van der Waals surface area contributed by atoms with Crippen LogP contribution in [0.25, 0.3) is 0 Å². The van der Waals surface area contributed by atoms with Crippen LogP contribution in [-0.2, 0) is 14.6 Å². The van der Waals surface area contributed by atoms with E-state index in [9.17, 15) is 13.2 Å². The van der Waals surface area contributed by atoms with Gasteiger partial charge in [-0.25, -0.2) is 8.42 Å². The number of likely N-dealkylation sites (tertiary alicyclic amines) is 1. The summed E-state index contributed by atoms with van der Waals surface area (Å²) < 4.78 is 22.0. The molecule has 0 aromatic heterocycles. The molecule has 0 spiro atoms. The first-order chi connectivity index (χ1) is 6.42. The highest BCUT2D eigenvalue weighted by atomic mass is 32.2. The predicted molar refractivity (Wildman–Crippen MR) is 54.6 cm³/mol. The zero-order valence-corrected chi connectivity index (χ0v) is 9.09. The lowest BCUT2D eigenvalue weighted by Crippen LogP contribution is -2.27. The second-order valence-electron chi connectivity index (χ2n) is 3.74. The molecule has 1 aliphatic heterocycles. The first kappa shape index (κ1) is 11.2. The van der Waals surface area contributed by atoms with E-state index in [1.54, 1.807) is 4.90 Å². The van der Waals surface area contributed by atoms with Crippen LogP contribution in [0.15, 0.2) is 12.7 Å². The molecule has 0 radical (unpaired) electrons. The largest absolute Gasteiger partial charge is 0.339 e. The van der Waals surface area contributed by atoms with E-state index >= 15 is 0 Å². The molecule has 0 aromatic carbocycles. The summed E-state index contributed by atoms with van der Waals surface area (Å²) in [6.07, 6.45) is 3.26. The van der Waals surface area contributed by atoms with Crippen molar-refractivity contribution in [3.63, 3.8) is 0 Å². The van der Waals surface area contributed by atoms with Gasteiger partial charge in [-0.2, -0.15) is 0 Å². The quantitative estimate of drug-likeness (QED) is 0.628. The first-order valence-electron chi connectivity index (χ1n) is 4.51. The van der Waals surface area contributed by atoms with Crippen molar-refractivity contribution >= 4 is 15.7 Å². The average molecular weight is 217 g/mol. The molecular formula is C9H15NO3S. The lowest BCUT2D eigenvalue weighted by Gasteiger charge is -2.13. The molecule has 1 heterocycles. The van der Waals surface area contributed by atoms with Crippen molar-refractivity contribution in [2.24, 2.45) is 5.92 Å². The standard InChI is InChI=1S/C9H15NO3S/c1-3-9(11)10-5-4-8(6-10)7-14(2,12)13/h3,8H,1,4-7H2,2H3. The Morgan fingerprint density at radius 3 is 2.79 bits per heavy atom. The van der Waals surface area contributed by atoms with Crippen molar-refractivity contribution in [3.8, 4) is 0 Å². The smallest absolute Gasteiger partial charge is 0.245 e. The Labute approximate surface area is 84.5 Å². The van der Waals surface area contributed by atoms with Crippen molar-refractivity contribution in [3.05, 3.63) is 12.7 Å². The van der Waals surface area contributed by atoms with Gasteiger partial charge in [0.15, 0.2) is 0 Å². The molecule has 0 aliphatic carbocycles. The summed E-state index contributed by atoms with van der Waals surface area (Å²) in [7, 11) is -2.93. The van der Waals surface area contributed by atoms with Crippen LogP contribution in [0.1, 0.15) is 6.42 Å². The van der Waals surface area contributed by atoms with Gasteiger partial charge in [-0.15, -0.1) is 0 Å². The highest BCUT2D eigenvalue weighted by Gasteiger charge is 2.27. The molecule has 4 nitrogen and oxygen atoms in total. The number of rotatable bonds is 3. The summed E-state index contributed by atoms with van der Waals surface area (Å²) in [5, 5.41) is 0. The molecule has 1 aliphatic rings. The van der Waals surface area contributed by atoms with Crippen molar-refractivity contribution in [2.45, 2.75) is 6.42 Å². The molecule has 5 heteroatoms. The maximum atomic E-state index is 11.2. The number of sulfone groups is 1. The summed E-state index contributed by atoms with van der Waals surface area (Å²) in [4.78, 5) is 12.8. The van der Waals surface area contributed by atoms with Gasteiger partial charge in [0.05, 0.1) is 5.75 Å². The second kappa shape index (κ2) is 4.13. The SMILES string of the molecule is C=CC(=O)N1CCC(CS(C)(=O)=O)C1. The molecule has 1 atom stereocenters. The lowest BCUT2D eigenvalue weighted by molar-refractivity contribution is -0.125. The van der Waals surface area contributed by atoms with Gasteiger partial charge in [0.1, 0.15) is 9.84 Å². The zero-order valence-electron chi connectivity index (χ0n) is 8.27. The lowest BCUT2D eigenvalue weighted by atomic mass is 10.2. The summed E-state index contributed by atoms with van der Waals surface area (Å²) in [6.45, 7) is 4.58. The Balaban J connectivity index is 2.50. The number of carbonyl (C=O) groups excluding carboxylic acids is 1. The van der Waals surface area contributed by atoms with Crippen molar-refractivity contribution in [1.82, 2.24) is 4.90 Å². The van der Waals surface area contributed by atoms with Crippen LogP contribution >= 0.6 is 0 Å². The van der Waals surface area contributed by atoms with Crippen LogP contribution in [0.3, 0.4) is 0 Å². The second-order valence-corrected chi connectivity index (χ2v) is 5.92. The molecule has 1 amide bonds. The number of amides is 1. The molecule has 0 bridgehead atoms. The van der Waals surface area contributed by atoms with Gasteiger partial charge in [-0.3, -0.25) is 4.79 Å². The molecule has 0 saturated carbocycles. The van der Waals surface area contributed by atoms with Crippen LogP contribution in [0.2, 0.25) is 0 Å². The van der Waals surface area contributed by atoms with Gasteiger partial charge in [-0.1, -0.05) is 6.58 Å². The van der Waals surface area contributed by atoms with E-state index in [0.29, 0.717) is 13.1 Å². The van der Waals surface area contributed by atoms with Crippen LogP contribution in [-0.4, -0.2) is 44.3 Å². The van der Waals surface area contributed by atoms with Gasteiger partial charge < -0.3 is 4.90 Å². The highest BCUT2D eigenvalue weighted by molar-refractivity contribution is 7.90. The van der Waals surface area contributed by atoms with Gasteiger partial charge in [0.2, 0.25) is 5.91 Å². The zero-order chi connectivity index (χ0) is 10.8. The van der Waals surface area contributed by atoms with E-state index in [2.05, 4.69) is 6.58 Å². The Kier molecular flexibility index (Phi) is 3.31. The molecule has 14 heavy (non-hydrogen) atoms. The summed E-state index contributed by atoms with van der Waals surface area (Å²) in [5.74, 6) is 0.156. The summed E-state index contributed by atoms with van der Waals surface area (Å²) >= 11 is 0.